The van der Waals surface area contributed by atoms with E-state index >= 15 is 0 Å². The van der Waals surface area contributed by atoms with E-state index in [0.717, 1.165) is 6.20 Å². The zero-order valence-corrected chi connectivity index (χ0v) is 18.8. The second kappa shape index (κ2) is 9.78. The van der Waals surface area contributed by atoms with Gasteiger partial charge >= 0.3 is 0 Å². The van der Waals surface area contributed by atoms with Crippen molar-refractivity contribution in [1.29, 1.82) is 5.41 Å². The van der Waals surface area contributed by atoms with Gasteiger partial charge in [0.05, 0.1) is 17.6 Å². The number of nitrogen functional groups attached to an aromatic ring is 1. The number of fused-ring (bicyclic) bond motifs is 3. The van der Waals surface area contributed by atoms with Crippen LogP contribution in [0.5, 0.6) is 5.75 Å². The molecule has 0 saturated heterocycles. The average Bonchev–Trinajstić information content (AvgIpc) is 2.75. The maximum absolute atomic E-state index is 14.1. The normalized spacial score (nSPS) is 19.1. The Bertz CT molecular complexity index is 1140. The van der Waals surface area contributed by atoms with Gasteiger partial charge in [-0.1, -0.05) is 11.6 Å². The van der Waals surface area contributed by atoms with Crippen LogP contribution in [0.25, 0.3) is 11.4 Å². The molecule has 0 aliphatic carbocycles. The minimum absolute atomic E-state index is 0.171. The Hall–Kier alpha value is -3.46. The number of hydrogen-bond acceptors (Lipinski definition) is 8. The van der Waals surface area contributed by atoms with Crippen LogP contribution >= 0.6 is 11.6 Å². The smallest absolute Gasteiger partial charge is 0.166 e. The van der Waals surface area contributed by atoms with E-state index in [1.165, 1.54) is 6.07 Å². The number of hydrogen-bond donors (Lipinski definition) is 4. The second-order valence-electron chi connectivity index (χ2n) is 7.16. The predicted molar refractivity (Wildman–Crippen MR) is 126 cm³/mol. The summed E-state index contributed by atoms with van der Waals surface area (Å²) in [6.45, 7) is 4.25. The fourth-order valence-corrected chi connectivity index (χ4v) is 3.64. The van der Waals surface area contributed by atoms with Gasteiger partial charge in [0.2, 0.25) is 0 Å². The van der Waals surface area contributed by atoms with Crippen LogP contribution in [0.3, 0.4) is 0 Å². The second-order valence-corrected chi connectivity index (χ2v) is 7.54. The Morgan fingerprint density at radius 3 is 2.78 bits per heavy atom. The third-order valence-corrected chi connectivity index (χ3v) is 5.20. The highest BCUT2D eigenvalue weighted by molar-refractivity contribution is 6.69. The van der Waals surface area contributed by atoms with Gasteiger partial charge in [0, 0.05) is 54.8 Å². The van der Waals surface area contributed by atoms with Crippen molar-refractivity contribution in [3.63, 3.8) is 0 Å². The lowest BCUT2D eigenvalue weighted by molar-refractivity contribution is 0.226. The number of halogens is 2. The van der Waals surface area contributed by atoms with Crippen LogP contribution in [-0.4, -0.2) is 34.9 Å². The van der Waals surface area contributed by atoms with Crippen LogP contribution < -0.4 is 21.5 Å². The van der Waals surface area contributed by atoms with Crippen molar-refractivity contribution in [1.82, 2.24) is 15.3 Å². The number of nitrogens with two attached hydrogens (primary N) is 2. The molecule has 1 aliphatic rings. The summed E-state index contributed by atoms with van der Waals surface area (Å²) >= 11 is 6.22. The Balaban J connectivity index is 2.40. The molecule has 10 heteroatoms. The molecular formula is C22H25ClFN7O. The predicted octanol–water partition coefficient (Wildman–Crippen LogP) is 3.65. The molecule has 32 heavy (non-hydrogen) atoms. The summed E-state index contributed by atoms with van der Waals surface area (Å²) in [4.78, 5) is 12.6. The van der Waals surface area contributed by atoms with Gasteiger partial charge in [0.25, 0.3) is 0 Å². The number of aliphatic imine (C=N–C) groups is 1. The van der Waals surface area contributed by atoms with Crippen molar-refractivity contribution >= 4 is 40.2 Å². The molecule has 0 aromatic carbocycles. The SMILES string of the molecule is CCN/C1=C(\C(=N)Cl)CC(C=NC)=C(N)c2ncc(F)cc2C(C)Oc2cc1cnc2N. The van der Waals surface area contributed by atoms with Crippen LogP contribution in [0, 0.1) is 11.2 Å². The van der Waals surface area contributed by atoms with Gasteiger partial charge in [0.15, 0.2) is 11.6 Å². The van der Waals surface area contributed by atoms with E-state index in [4.69, 9.17) is 33.2 Å². The number of anilines is 1. The van der Waals surface area contributed by atoms with E-state index in [1.54, 1.807) is 32.4 Å². The zero-order chi connectivity index (χ0) is 23.4. The lowest BCUT2D eigenvalue weighted by Gasteiger charge is -2.23. The molecule has 6 N–H and O–H groups in total. The Kier molecular flexibility index (Phi) is 7.09. The van der Waals surface area contributed by atoms with Crippen LogP contribution in [-0.2, 0) is 0 Å². The van der Waals surface area contributed by atoms with Gasteiger partial charge in [-0.15, -0.1) is 0 Å². The molecule has 2 aromatic rings. The van der Waals surface area contributed by atoms with E-state index in [1.807, 2.05) is 6.92 Å². The monoisotopic (exact) mass is 457 g/mol. The lowest BCUT2D eigenvalue weighted by Crippen LogP contribution is -2.19. The highest BCUT2D eigenvalue weighted by atomic mass is 35.5. The van der Waals surface area contributed by atoms with Gasteiger partial charge in [0.1, 0.15) is 17.1 Å². The molecule has 0 fully saturated rings. The van der Waals surface area contributed by atoms with Crippen LogP contribution in [0.2, 0.25) is 0 Å². The molecule has 8 nitrogen and oxygen atoms in total. The maximum atomic E-state index is 14.1. The van der Waals surface area contributed by atoms with Crippen molar-refractivity contribution in [2.45, 2.75) is 26.4 Å². The van der Waals surface area contributed by atoms with Crippen LogP contribution in [0.4, 0.5) is 10.2 Å². The molecule has 3 heterocycles. The molecule has 2 aromatic heterocycles. The van der Waals surface area contributed by atoms with Crippen molar-refractivity contribution in [2.75, 3.05) is 19.3 Å². The summed E-state index contributed by atoms with van der Waals surface area (Å²) in [5, 5.41) is 11.3. The molecule has 0 spiro atoms. The van der Waals surface area contributed by atoms with E-state index in [-0.39, 0.29) is 23.1 Å². The summed E-state index contributed by atoms with van der Waals surface area (Å²) in [5.41, 5.74) is 15.9. The Morgan fingerprint density at radius 1 is 1.38 bits per heavy atom. The molecule has 0 amide bonds. The highest BCUT2D eigenvalue weighted by Gasteiger charge is 2.23. The van der Waals surface area contributed by atoms with Crippen LogP contribution in [0.1, 0.15) is 43.2 Å². The topological polar surface area (TPSA) is 135 Å². The molecule has 1 aliphatic heterocycles. The molecule has 1 unspecified atom stereocenters. The van der Waals surface area contributed by atoms with E-state index in [2.05, 4.69) is 20.3 Å². The van der Waals surface area contributed by atoms with Gasteiger partial charge < -0.3 is 21.5 Å². The molecule has 0 saturated carbocycles. The summed E-state index contributed by atoms with van der Waals surface area (Å²) < 4.78 is 20.2. The fraction of sp³-hybridized carbons (Fsp3) is 0.273. The minimum Gasteiger partial charge on any atom is -0.482 e. The third-order valence-electron chi connectivity index (χ3n) is 4.97. The first kappa shape index (κ1) is 23.2. The molecule has 2 bridgehead atoms. The fourth-order valence-electron chi connectivity index (χ4n) is 3.47. The Morgan fingerprint density at radius 2 is 2.12 bits per heavy atom. The lowest BCUT2D eigenvalue weighted by atomic mass is 9.96. The third kappa shape index (κ3) is 4.72. The molecule has 3 rings (SSSR count). The summed E-state index contributed by atoms with van der Waals surface area (Å²) in [6.07, 6.45) is 3.79. The van der Waals surface area contributed by atoms with Crippen molar-refractivity contribution in [2.24, 2.45) is 10.7 Å². The molecule has 0 radical (unpaired) electrons. The minimum atomic E-state index is -0.636. The van der Waals surface area contributed by atoms with Gasteiger partial charge in [-0.05, 0) is 31.6 Å². The number of nitrogens with one attached hydrogen (secondary N) is 2. The van der Waals surface area contributed by atoms with Crippen molar-refractivity contribution in [3.05, 3.63) is 58.3 Å². The van der Waals surface area contributed by atoms with Gasteiger partial charge in [-0.25, -0.2) is 9.37 Å². The first-order valence-electron chi connectivity index (χ1n) is 9.97. The van der Waals surface area contributed by atoms with Gasteiger partial charge in [-0.3, -0.25) is 15.4 Å². The molecular weight excluding hydrogens is 433 g/mol. The number of ether oxygens (including phenoxy) is 1. The van der Waals surface area contributed by atoms with E-state index in [0.29, 0.717) is 46.0 Å². The van der Waals surface area contributed by atoms with Gasteiger partial charge in [-0.2, -0.15) is 0 Å². The number of rotatable bonds is 4. The van der Waals surface area contributed by atoms with Crippen molar-refractivity contribution < 1.29 is 9.13 Å². The maximum Gasteiger partial charge on any atom is 0.166 e. The quantitative estimate of drug-likeness (QED) is 0.517. The average molecular weight is 458 g/mol. The summed E-state index contributed by atoms with van der Waals surface area (Å²) in [7, 11) is 1.61. The zero-order valence-electron chi connectivity index (χ0n) is 18.0. The number of pyridine rings is 2. The number of nitrogens with zero attached hydrogens (tertiary/aromatic N) is 3. The molecule has 168 valence electrons. The van der Waals surface area contributed by atoms with Crippen molar-refractivity contribution in [3.8, 4) is 5.75 Å². The first-order valence-corrected chi connectivity index (χ1v) is 10.3. The number of aromatic nitrogens is 2. The first-order chi connectivity index (χ1) is 15.3. The van der Waals surface area contributed by atoms with E-state index < -0.39 is 11.9 Å². The van der Waals surface area contributed by atoms with Crippen LogP contribution in [0.15, 0.2) is 40.7 Å². The highest BCUT2D eigenvalue weighted by Crippen LogP contribution is 2.34. The van der Waals surface area contributed by atoms with E-state index in [9.17, 15) is 4.39 Å². The summed E-state index contributed by atoms with van der Waals surface area (Å²) in [5.74, 6) is -0.0500. The largest absolute Gasteiger partial charge is 0.482 e. The summed E-state index contributed by atoms with van der Waals surface area (Å²) in [6, 6.07) is 3.04. The number of allylic oxidation sites excluding steroid dienone is 2. The molecule has 1 atom stereocenters. The standard InChI is InChI=1S/C22H25ClFN7O/c1-4-29-19-13-6-17(22(27)31-9-13)32-11(2)15-7-14(24)10-30-20(15)18(25)12(8-28-3)5-16(19)21(23)26/h6-11,26,29H,4-5,25H2,1-3H3,(H2,27,31)/b18-12?,19-16-,26-21?,28-8?. The Labute approximate surface area is 190 Å².